The fraction of sp³-hybridized carbons (Fsp3) is 0.400. The van der Waals surface area contributed by atoms with Crippen molar-refractivity contribution in [2.24, 2.45) is 17.3 Å². The molecule has 0 saturated heterocycles. The number of aliphatic hydroxyl groups is 2. The van der Waals surface area contributed by atoms with Crippen LogP contribution < -0.4 is 22.9 Å². The van der Waals surface area contributed by atoms with Crippen molar-refractivity contribution in [3.8, 4) is 11.4 Å². The maximum Gasteiger partial charge on any atom is 0.340 e. The Bertz CT molecular complexity index is 1680. The van der Waals surface area contributed by atoms with Gasteiger partial charge in [-0.2, -0.15) is 0 Å². The number of ether oxygens (including phenoxy) is 1. The van der Waals surface area contributed by atoms with E-state index in [9.17, 15) is 23.9 Å². The van der Waals surface area contributed by atoms with E-state index in [0.717, 1.165) is 46.3 Å². The van der Waals surface area contributed by atoms with Crippen LogP contribution in [0.25, 0.3) is 22.3 Å². The summed E-state index contributed by atoms with van der Waals surface area (Å²) in [4.78, 5) is 40.0. The number of carbonyl (C=O) groups is 2. The molecule has 2 aromatic heterocycles. The van der Waals surface area contributed by atoms with E-state index in [-0.39, 0.29) is 36.7 Å². The number of aliphatic hydroxyl groups excluding tert-OH is 2. The standard InChI is InChI=1S/C22H17FN2O4.C6H14N4O2.C2H6/c1-9-10-3-2-4-11-13-7-25-17(19(13)24-16(18(10)11)6-15(9)23)5-12-14(21(25)27)8-29-22(28)20(12)26;7-3-5(1-2-11)10(9)4-6(8)12;1-2/h5-6,20,26H,2-4,7-8H2,1H3;3,11H,1-2,4,7,9H2,(H2,8,12);1-2H3/b;5-3-;. The van der Waals surface area contributed by atoms with Crippen molar-refractivity contribution in [1.29, 1.82) is 0 Å². The Morgan fingerprint density at radius 2 is 1.91 bits per heavy atom. The van der Waals surface area contributed by atoms with E-state index in [2.05, 4.69) is 0 Å². The van der Waals surface area contributed by atoms with E-state index in [4.69, 9.17) is 32.1 Å². The molecule has 2 aliphatic heterocycles. The van der Waals surface area contributed by atoms with Gasteiger partial charge in [-0.3, -0.25) is 9.59 Å². The summed E-state index contributed by atoms with van der Waals surface area (Å²) >= 11 is 0. The molecule has 0 spiro atoms. The minimum absolute atomic E-state index is 0.0739. The fourth-order valence-electron chi connectivity index (χ4n) is 5.77. The second-order valence-electron chi connectivity index (χ2n) is 10.2. The van der Waals surface area contributed by atoms with Gasteiger partial charge in [-0.25, -0.2) is 20.0 Å². The monoisotopic (exact) mass is 596 g/mol. The highest BCUT2D eigenvalue weighted by molar-refractivity contribution is 5.92. The number of pyridine rings is 2. The molecule has 1 amide bonds. The van der Waals surface area contributed by atoms with Crippen molar-refractivity contribution in [3.63, 3.8) is 0 Å². The van der Waals surface area contributed by atoms with Crippen LogP contribution in [0.5, 0.6) is 0 Å². The molecule has 0 radical (unpaired) electrons. The Hall–Kier alpha value is -4.33. The SMILES string of the molecule is CC.Cc1c(F)cc2nc3c(c4c2c1CCC4)Cn1c-3cc2c(c1=O)COC(=O)C2O.N/C=C(/CCO)N(N)CC(N)=O. The number of hydrogen-bond acceptors (Lipinski definition) is 10. The minimum Gasteiger partial charge on any atom is -0.458 e. The summed E-state index contributed by atoms with van der Waals surface area (Å²) in [7, 11) is 0. The highest BCUT2D eigenvalue weighted by Gasteiger charge is 2.35. The zero-order valence-electron chi connectivity index (χ0n) is 24.4. The number of aromatic nitrogens is 2. The zero-order valence-corrected chi connectivity index (χ0v) is 24.4. The first kappa shape index (κ1) is 31.6. The van der Waals surface area contributed by atoms with Gasteiger partial charge in [0.1, 0.15) is 19.0 Å². The Morgan fingerprint density at radius 3 is 2.56 bits per heavy atom. The normalized spacial score (nSPS) is 16.1. The number of rotatable bonds is 5. The molecule has 3 aliphatic rings. The van der Waals surface area contributed by atoms with E-state index in [1.54, 1.807) is 17.6 Å². The van der Waals surface area contributed by atoms with Crippen molar-refractivity contribution in [3.05, 3.63) is 73.6 Å². The van der Waals surface area contributed by atoms with Crippen molar-refractivity contribution in [1.82, 2.24) is 14.6 Å². The van der Waals surface area contributed by atoms with Crippen LogP contribution in [-0.2, 0) is 40.3 Å². The third-order valence-corrected chi connectivity index (χ3v) is 7.80. The number of primary amides is 1. The lowest BCUT2D eigenvalue weighted by molar-refractivity contribution is -0.157. The number of amides is 1. The lowest BCUT2D eigenvalue weighted by atomic mass is 9.85. The van der Waals surface area contributed by atoms with E-state index < -0.39 is 18.0 Å². The minimum atomic E-state index is -1.48. The molecule has 4 heterocycles. The number of nitrogens with zero attached hydrogens (tertiary/aromatic N) is 3. The molecule has 1 atom stereocenters. The summed E-state index contributed by atoms with van der Waals surface area (Å²) in [5.41, 5.74) is 16.4. The second kappa shape index (κ2) is 12.9. The highest BCUT2D eigenvalue weighted by Crippen LogP contribution is 2.41. The number of halogens is 1. The van der Waals surface area contributed by atoms with Gasteiger partial charge < -0.3 is 36.0 Å². The summed E-state index contributed by atoms with van der Waals surface area (Å²) < 4.78 is 21.1. The fourth-order valence-corrected chi connectivity index (χ4v) is 5.77. The average Bonchev–Trinajstić information content (AvgIpc) is 3.36. The van der Waals surface area contributed by atoms with Crippen molar-refractivity contribution < 1.29 is 28.9 Å². The van der Waals surface area contributed by atoms with E-state index >= 15 is 0 Å². The van der Waals surface area contributed by atoms with Crippen molar-refractivity contribution in [2.45, 2.75) is 65.7 Å². The molecule has 12 nitrogen and oxygen atoms in total. The molecule has 13 heteroatoms. The summed E-state index contributed by atoms with van der Waals surface area (Å²) in [6, 6.07) is 3.13. The predicted molar refractivity (Wildman–Crippen MR) is 157 cm³/mol. The number of cyclic esters (lactones) is 1. The van der Waals surface area contributed by atoms with E-state index in [1.165, 1.54) is 12.3 Å². The summed E-state index contributed by atoms with van der Waals surface area (Å²) in [5.74, 6) is 3.81. The summed E-state index contributed by atoms with van der Waals surface area (Å²) in [6.07, 6.45) is 2.66. The highest BCUT2D eigenvalue weighted by atomic mass is 19.1. The van der Waals surface area contributed by atoms with Gasteiger partial charge in [-0.15, -0.1) is 0 Å². The van der Waals surface area contributed by atoms with Gasteiger partial charge in [-0.1, -0.05) is 13.8 Å². The molecule has 3 aromatic rings. The van der Waals surface area contributed by atoms with Gasteiger partial charge in [0.05, 0.1) is 29.0 Å². The third kappa shape index (κ3) is 5.70. The Balaban J connectivity index is 0.000000258. The van der Waals surface area contributed by atoms with Crippen LogP contribution in [0.4, 0.5) is 4.39 Å². The maximum atomic E-state index is 14.5. The summed E-state index contributed by atoms with van der Waals surface area (Å²) in [6.45, 7) is 5.86. The molecule has 1 aromatic carbocycles. The lowest BCUT2D eigenvalue weighted by Gasteiger charge is -2.22. The van der Waals surface area contributed by atoms with Crippen molar-refractivity contribution in [2.75, 3.05) is 13.2 Å². The Labute approximate surface area is 247 Å². The van der Waals surface area contributed by atoms with Crippen LogP contribution in [0.1, 0.15) is 66.2 Å². The number of aryl methyl sites for hydroxylation is 2. The first-order valence-corrected chi connectivity index (χ1v) is 14.1. The molecular formula is C30H37FN6O6. The van der Waals surface area contributed by atoms with Crippen LogP contribution in [-0.4, -0.2) is 49.8 Å². The average molecular weight is 597 g/mol. The van der Waals surface area contributed by atoms with Crippen LogP contribution in [0.2, 0.25) is 0 Å². The van der Waals surface area contributed by atoms with E-state index in [1.807, 2.05) is 13.8 Å². The third-order valence-electron chi connectivity index (χ3n) is 7.80. The van der Waals surface area contributed by atoms with Crippen LogP contribution >= 0.6 is 0 Å². The zero-order chi connectivity index (χ0) is 31.6. The van der Waals surface area contributed by atoms with Gasteiger partial charge in [-0.05, 0) is 48.9 Å². The largest absolute Gasteiger partial charge is 0.458 e. The van der Waals surface area contributed by atoms with Crippen LogP contribution in [0.3, 0.4) is 0 Å². The van der Waals surface area contributed by atoms with Gasteiger partial charge >= 0.3 is 5.97 Å². The quantitative estimate of drug-likeness (QED) is 0.127. The number of fused-ring (bicyclic) bond motifs is 5. The molecule has 1 aliphatic carbocycles. The van der Waals surface area contributed by atoms with Crippen LogP contribution in [0, 0.1) is 12.7 Å². The number of nitrogens with two attached hydrogens (primary N) is 3. The number of esters is 1. The molecule has 8 N–H and O–H groups in total. The van der Waals surface area contributed by atoms with E-state index in [0.29, 0.717) is 46.7 Å². The summed E-state index contributed by atoms with van der Waals surface area (Å²) in [5, 5.41) is 20.9. The smallest absolute Gasteiger partial charge is 0.340 e. The Morgan fingerprint density at radius 1 is 1.21 bits per heavy atom. The molecular weight excluding hydrogens is 559 g/mol. The van der Waals surface area contributed by atoms with Crippen LogP contribution in [0.15, 0.2) is 28.8 Å². The van der Waals surface area contributed by atoms with Gasteiger partial charge in [0.2, 0.25) is 5.91 Å². The molecule has 0 saturated carbocycles. The van der Waals surface area contributed by atoms with Crippen molar-refractivity contribution >= 4 is 22.8 Å². The topological polar surface area (TPSA) is 200 Å². The van der Waals surface area contributed by atoms with Gasteiger partial charge in [0.25, 0.3) is 5.56 Å². The number of hydrogen-bond donors (Lipinski definition) is 5. The second-order valence-corrected chi connectivity index (χ2v) is 10.2. The molecule has 0 bridgehead atoms. The predicted octanol–water partition coefficient (Wildman–Crippen LogP) is 1.31. The molecule has 6 rings (SSSR count). The maximum absolute atomic E-state index is 14.5. The Kier molecular flexibility index (Phi) is 9.48. The first-order valence-electron chi connectivity index (χ1n) is 14.1. The number of benzene rings is 1. The molecule has 43 heavy (non-hydrogen) atoms. The van der Waals surface area contributed by atoms with Gasteiger partial charge in [0.15, 0.2) is 6.10 Å². The molecule has 1 unspecified atom stereocenters. The number of carbonyl (C=O) groups excluding carboxylic acids is 2. The molecule has 230 valence electrons. The molecule has 0 fully saturated rings. The number of hydrazine groups is 1. The first-order chi connectivity index (χ1) is 20.6. The lowest BCUT2D eigenvalue weighted by Crippen LogP contribution is -2.38. The van der Waals surface area contributed by atoms with Gasteiger partial charge in [0, 0.05) is 47.5 Å².